The molecular weight excluding hydrogens is 182 g/mol. The van der Waals surface area contributed by atoms with Crippen LogP contribution in [0.1, 0.15) is 33.1 Å². The van der Waals surface area contributed by atoms with Crippen LogP contribution in [0.3, 0.4) is 0 Å². The summed E-state index contributed by atoms with van der Waals surface area (Å²) in [5.74, 6) is -0.219. The van der Waals surface area contributed by atoms with Crippen LogP contribution in [0.2, 0.25) is 0 Å². The van der Waals surface area contributed by atoms with Gasteiger partial charge in [0.25, 0.3) is 0 Å². The molecule has 0 radical (unpaired) electrons. The van der Waals surface area contributed by atoms with Crippen LogP contribution in [0.5, 0.6) is 0 Å². The van der Waals surface area contributed by atoms with Crippen molar-refractivity contribution in [3.05, 3.63) is 0 Å². The molecule has 0 aliphatic carbocycles. The molecule has 0 saturated carbocycles. The summed E-state index contributed by atoms with van der Waals surface area (Å²) in [5.41, 5.74) is 5.59. The molecule has 84 valence electrons. The van der Waals surface area contributed by atoms with Gasteiger partial charge in [0.2, 0.25) is 0 Å². The maximum Gasteiger partial charge on any atom is 0.323 e. The van der Waals surface area contributed by atoms with Crippen LogP contribution in [0.25, 0.3) is 0 Å². The first kappa shape index (κ1) is 13.4. The number of hydrogen-bond acceptors (Lipinski definition) is 4. The minimum atomic E-state index is -0.521. The van der Waals surface area contributed by atoms with Gasteiger partial charge >= 0.3 is 5.97 Å². The van der Waals surface area contributed by atoms with Crippen molar-refractivity contribution in [2.45, 2.75) is 39.2 Å². The molecule has 0 saturated heterocycles. The van der Waals surface area contributed by atoms with Gasteiger partial charge in [-0.2, -0.15) is 0 Å². The number of aliphatic hydroxyl groups is 1. The molecule has 4 nitrogen and oxygen atoms in total. The monoisotopic (exact) mass is 203 g/mol. The zero-order valence-corrected chi connectivity index (χ0v) is 9.03. The summed E-state index contributed by atoms with van der Waals surface area (Å²) in [6.45, 7) is 4.37. The lowest BCUT2D eigenvalue weighted by Crippen LogP contribution is -2.37. The van der Waals surface area contributed by atoms with Gasteiger partial charge in [-0.1, -0.05) is 13.8 Å². The highest BCUT2D eigenvalue weighted by Crippen LogP contribution is 2.02. The highest BCUT2D eigenvalue weighted by atomic mass is 16.5. The van der Waals surface area contributed by atoms with Gasteiger partial charge in [0.1, 0.15) is 6.04 Å². The standard InChI is InChI=1S/C10H21NO3/c1-8(2)9(11)10(13)14-7-5-3-4-6-12/h8-9,12H,3-7,11H2,1-2H3/t9-/m0/s1. The third-order valence-electron chi connectivity index (χ3n) is 2.04. The van der Waals surface area contributed by atoms with Crippen molar-refractivity contribution in [3.8, 4) is 0 Å². The van der Waals surface area contributed by atoms with Crippen LogP contribution >= 0.6 is 0 Å². The lowest BCUT2D eigenvalue weighted by Gasteiger charge is -2.14. The minimum Gasteiger partial charge on any atom is -0.465 e. The van der Waals surface area contributed by atoms with Crippen LogP contribution in [-0.2, 0) is 9.53 Å². The van der Waals surface area contributed by atoms with Gasteiger partial charge in [0.05, 0.1) is 6.61 Å². The number of rotatable bonds is 7. The summed E-state index contributed by atoms with van der Waals surface area (Å²) < 4.78 is 4.97. The van der Waals surface area contributed by atoms with Gasteiger partial charge < -0.3 is 15.6 Å². The molecule has 0 fully saturated rings. The quantitative estimate of drug-likeness (QED) is 0.471. The van der Waals surface area contributed by atoms with Gasteiger partial charge in [-0.15, -0.1) is 0 Å². The number of unbranched alkanes of at least 4 members (excludes halogenated alkanes) is 2. The maximum atomic E-state index is 11.2. The second-order valence-electron chi connectivity index (χ2n) is 3.72. The van der Waals surface area contributed by atoms with Crippen LogP contribution in [-0.4, -0.2) is 30.3 Å². The highest BCUT2D eigenvalue weighted by molar-refractivity contribution is 5.75. The molecular formula is C10H21NO3. The van der Waals surface area contributed by atoms with E-state index < -0.39 is 6.04 Å². The van der Waals surface area contributed by atoms with E-state index in [1.54, 1.807) is 0 Å². The van der Waals surface area contributed by atoms with Crippen LogP contribution in [0.4, 0.5) is 0 Å². The van der Waals surface area contributed by atoms with E-state index in [4.69, 9.17) is 15.6 Å². The predicted octanol–water partition coefficient (Wildman–Crippen LogP) is 0.675. The molecule has 3 N–H and O–H groups in total. The van der Waals surface area contributed by atoms with E-state index in [0.29, 0.717) is 6.61 Å². The smallest absolute Gasteiger partial charge is 0.323 e. The molecule has 0 spiro atoms. The summed E-state index contributed by atoms with van der Waals surface area (Å²) in [7, 11) is 0. The second-order valence-corrected chi connectivity index (χ2v) is 3.72. The summed E-state index contributed by atoms with van der Waals surface area (Å²) in [6.07, 6.45) is 2.42. The number of carbonyl (C=O) groups excluding carboxylic acids is 1. The Bertz CT molecular complexity index is 159. The first-order chi connectivity index (χ1) is 6.59. The molecule has 0 bridgehead atoms. The van der Waals surface area contributed by atoms with Crippen molar-refractivity contribution < 1.29 is 14.6 Å². The first-order valence-electron chi connectivity index (χ1n) is 5.12. The molecule has 0 rings (SSSR count). The van der Waals surface area contributed by atoms with Crippen molar-refractivity contribution in [1.82, 2.24) is 0 Å². The summed E-state index contributed by atoms with van der Waals surface area (Å²) >= 11 is 0. The Balaban J connectivity index is 3.44. The fraction of sp³-hybridized carbons (Fsp3) is 0.900. The molecule has 0 heterocycles. The Morgan fingerprint density at radius 2 is 2.00 bits per heavy atom. The molecule has 0 aromatic rings. The Hall–Kier alpha value is -0.610. The SMILES string of the molecule is CC(C)[C@H](N)C(=O)OCCCCCO. The third-order valence-corrected chi connectivity index (χ3v) is 2.04. The first-order valence-corrected chi connectivity index (χ1v) is 5.12. The molecule has 4 heteroatoms. The van der Waals surface area contributed by atoms with E-state index in [-0.39, 0.29) is 18.5 Å². The average molecular weight is 203 g/mol. The minimum absolute atomic E-state index is 0.111. The second kappa shape index (κ2) is 7.76. The van der Waals surface area contributed by atoms with E-state index in [1.165, 1.54) is 0 Å². The van der Waals surface area contributed by atoms with Crippen molar-refractivity contribution in [1.29, 1.82) is 0 Å². The van der Waals surface area contributed by atoms with Gasteiger partial charge in [-0.05, 0) is 25.2 Å². The molecule has 0 aliphatic rings. The summed E-state index contributed by atoms with van der Waals surface area (Å²) in [6, 6.07) is -0.521. The number of esters is 1. The Morgan fingerprint density at radius 3 is 2.50 bits per heavy atom. The van der Waals surface area contributed by atoms with Gasteiger partial charge in [0, 0.05) is 6.61 Å². The van der Waals surface area contributed by atoms with Crippen LogP contribution in [0, 0.1) is 5.92 Å². The van der Waals surface area contributed by atoms with Gasteiger partial charge in [-0.3, -0.25) is 4.79 Å². The molecule has 1 atom stereocenters. The van der Waals surface area contributed by atoms with Crippen molar-refractivity contribution in [2.75, 3.05) is 13.2 Å². The molecule has 0 aromatic carbocycles. The maximum absolute atomic E-state index is 11.2. The number of carbonyl (C=O) groups is 1. The molecule has 0 aliphatic heterocycles. The van der Waals surface area contributed by atoms with Crippen LogP contribution < -0.4 is 5.73 Å². The van der Waals surface area contributed by atoms with E-state index in [0.717, 1.165) is 19.3 Å². The molecule has 14 heavy (non-hydrogen) atoms. The largest absolute Gasteiger partial charge is 0.465 e. The van der Waals surface area contributed by atoms with E-state index >= 15 is 0 Å². The molecule has 0 unspecified atom stereocenters. The Kier molecular flexibility index (Phi) is 7.42. The lowest BCUT2D eigenvalue weighted by atomic mass is 10.1. The normalized spacial score (nSPS) is 12.9. The number of hydrogen-bond donors (Lipinski definition) is 2. The van der Waals surface area contributed by atoms with Crippen LogP contribution in [0.15, 0.2) is 0 Å². The highest BCUT2D eigenvalue weighted by Gasteiger charge is 2.18. The van der Waals surface area contributed by atoms with Gasteiger partial charge in [0.15, 0.2) is 0 Å². The third kappa shape index (κ3) is 5.94. The zero-order chi connectivity index (χ0) is 11.0. The van der Waals surface area contributed by atoms with E-state index in [9.17, 15) is 4.79 Å². The van der Waals surface area contributed by atoms with E-state index in [2.05, 4.69) is 0 Å². The summed E-state index contributed by atoms with van der Waals surface area (Å²) in [5, 5.41) is 8.51. The summed E-state index contributed by atoms with van der Waals surface area (Å²) in [4.78, 5) is 11.2. The van der Waals surface area contributed by atoms with Crippen molar-refractivity contribution in [2.24, 2.45) is 11.7 Å². The van der Waals surface area contributed by atoms with Crippen molar-refractivity contribution in [3.63, 3.8) is 0 Å². The predicted molar refractivity (Wildman–Crippen MR) is 54.7 cm³/mol. The molecule has 0 amide bonds. The Labute approximate surface area is 85.4 Å². The number of ether oxygens (including phenoxy) is 1. The average Bonchev–Trinajstić information content (AvgIpc) is 2.16. The van der Waals surface area contributed by atoms with Crippen molar-refractivity contribution >= 4 is 5.97 Å². The molecule has 0 aromatic heterocycles. The van der Waals surface area contributed by atoms with E-state index in [1.807, 2.05) is 13.8 Å². The van der Waals surface area contributed by atoms with Gasteiger partial charge in [-0.25, -0.2) is 0 Å². The fourth-order valence-electron chi connectivity index (χ4n) is 0.932. The topological polar surface area (TPSA) is 72.6 Å². The Morgan fingerprint density at radius 1 is 1.36 bits per heavy atom. The number of nitrogens with two attached hydrogens (primary N) is 1. The fourth-order valence-corrected chi connectivity index (χ4v) is 0.932. The zero-order valence-electron chi connectivity index (χ0n) is 9.03. The lowest BCUT2D eigenvalue weighted by molar-refractivity contribution is -0.146. The number of aliphatic hydroxyl groups excluding tert-OH is 1.